The molecule has 0 aromatic rings. The van der Waals surface area contributed by atoms with Crippen LogP contribution in [0.25, 0.3) is 0 Å². The van der Waals surface area contributed by atoms with Gasteiger partial charge in [0.2, 0.25) is 0 Å². The quantitative estimate of drug-likeness (QED) is 0.704. The molecule has 1 saturated carbocycles. The Bertz CT molecular complexity index is 191. The van der Waals surface area contributed by atoms with E-state index >= 15 is 0 Å². The zero-order valence-corrected chi connectivity index (χ0v) is 11.5. The summed E-state index contributed by atoms with van der Waals surface area (Å²) in [6.07, 6.45) is 6.48. The highest BCUT2D eigenvalue weighted by atomic mass is 16.5. The Morgan fingerprint density at radius 2 is 2.00 bits per heavy atom. The third-order valence-electron chi connectivity index (χ3n) is 3.60. The third kappa shape index (κ3) is 5.31. The van der Waals surface area contributed by atoms with Crippen molar-refractivity contribution in [2.75, 3.05) is 20.3 Å². The Morgan fingerprint density at radius 3 is 2.62 bits per heavy atom. The highest BCUT2D eigenvalue weighted by molar-refractivity contribution is 4.86. The number of hydrogen-bond acceptors (Lipinski definition) is 2. The molecule has 1 rings (SSSR count). The maximum absolute atomic E-state index is 5.06. The lowest BCUT2D eigenvalue weighted by molar-refractivity contribution is 0.149. The summed E-state index contributed by atoms with van der Waals surface area (Å²) >= 11 is 0. The fourth-order valence-corrected chi connectivity index (χ4v) is 3.18. The number of methoxy groups -OCH3 is 1. The molecule has 0 aromatic carbocycles. The molecule has 0 saturated heterocycles. The molecule has 0 amide bonds. The van der Waals surface area contributed by atoms with Gasteiger partial charge in [0.25, 0.3) is 0 Å². The second-order valence-electron chi connectivity index (χ2n) is 6.26. The number of nitrogens with one attached hydrogen (secondary N) is 1. The van der Waals surface area contributed by atoms with Crippen LogP contribution < -0.4 is 5.32 Å². The van der Waals surface area contributed by atoms with Crippen LogP contribution in [-0.2, 0) is 4.74 Å². The fourth-order valence-electron chi connectivity index (χ4n) is 3.18. The van der Waals surface area contributed by atoms with Crippen LogP contribution in [0.5, 0.6) is 0 Å². The second kappa shape index (κ2) is 6.61. The normalized spacial score (nSPS) is 29.2. The van der Waals surface area contributed by atoms with E-state index < -0.39 is 0 Å². The first-order chi connectivity index (χ1) is 7.53. The minimum Gasteiger partial charge on any atom is -0.385 e. The van der Waals surface area contributed by atoms with E-state index in [4.69, 9.17) is 4.74 Å². The molecule has 1 aliphatic rings. The molecule has 2 atom stereocenters. The molecule has 2 nitrogen and oxygen atoms in total. The average molecular weight is 227 g/mol. The molecule has 96 valence electrons. The van der Waals surface area contributed by atoms with Gasteiger partial charge in [0.15, 0.2) is 0 Å². The maximum Gasteiger partial charge on any atom is 0.0462 e. The Kier molecular flexibility index (Phi) is 5.77. The topological polar surface area (TPSA) is 21.3 Å². The molecule has 1 aliphatic carbocycles. The van der Waals surface area contributed by atoms with Crippen molar-refractivity contribution in [2.24, 2.45) is 11.3 Å². The Labute approximate surface area is 101 Å². The fraction of sp³-hybridized carbons (Fsp3) is 1.00. The largest absolute Gasteiger partial charge is 0.385 e. The average Bonchev–Trinajstić information content (AvgIpc) is 2.14. The van der Waals surface area contributed by atoms with E-state index in [-0.39, 0.29) is 0 Å². The zero-order chi connectivity index (χ0) is 12.0. The van der Waals surface area contributed by atoms with Crippen LogP contribution in [0.4, 0.5) is 0 Å². The summed E-state index contributed by atoms with van der Waals surface area (Å²) in [6.45, 7) is 9.25. The van der Waals surface area contributed by atoms with Crippen molar-refractivity contribution < 1.29 is 4.74 Å². The highest BCUT2D eigenvalue weighted by Crippen LogP contribution is 2.38. The Hall–Kier alpha value is -0.0800. The summed E-state index contributed by atoms with van der Waals surface area (Å²) in [5, 5.41) is 3.71. The molecule has 1 fully saturated rings. The molecular weight excluding hydrogens is 198 g/mol. The first-order valence-corrected chi connectivity index (χ1v) is 6.76. The first-order valence-electron chi connectivity index (χ1n) is 6.76. The minimum atomic E-state index is 0.530. The second-order valence-corrected chi connectivity index (χ2v) is 6.26. The molecule has 2 heteroatoms. The van der Waals surface area contributed by atoms with Gasteiger partial charge in [0, 0.05) is 19.8 Å². The van der Waals surface area contributed by atoms with Gasteiger partial charge in [0.05, 0.1) is 0 Å². The van der Waals surface area contributed by atoms with Crippen LogP contribution >= 0.6 is 0 Å². The number of ether oxygens (including phenoxy) is 1. The molecule has 0 heterocycles. The van der Waals surface area contributed by atoms with Crippen molar-refractivity contribution in [3.63, 3.8) is 0 Å². The predicted octanol–water partition coefficient (Wildman–Crippen LogP) is 3.22. The van der Waals surface area contributed by atoms with E-state index in [2.05, 4.69) is 26.1 Å². The number of unbranched alkanes of at least 4 members (excludes halogenated alkanes) is 1. The number of hydrogen-bond donors (Lipinski definition) is 1. The molecule has 0 spiro atoms. The van der Waals surface area contributed by atoms with E-state index in [1.165, 1.54) is 32.1 Å². The molecule has 2 unspecified atom stereocenters. The van der Waals surface area contributed by atoms with Gasteiger partial charge in [0.1, 0.15) is 0 Å². The van der Waals surface area contributed by atoms with Gasteiger partial charge >= 0.3 is 0 Å². The lowest BCUT2D eigenvalue weighted by atomic mass is 9.70. The summed E-state index contributed by atoms with van der Waals surface area (Å²) < 4.78 is 5.06. The van der Waals surface area contributed by atoms with Crippen molar-refractivity contribution >= 4 is 0 Å². The lowest BCUT2D eigenvalue weighted by Crippen LogP contribution is -2.40. The summed E-state index contributed by atoms with van der Waals surface area (Å²) in [5.41, 5.74) is 0.530. The summed E-state index contributed by atoms with van der Waals surface area (Å²) in [4.78, 5) is 0. The van der Waals surface area contributed by atoms with E-state index in [9.17, 15) is 0 Å². The molecular formula is C14H29NO. The molecule has 16 heavy (non-hydrogen) atoms. The van der Waals surface area contributed by atoms with Crippen molar-refractivity contribution in [1.82, 2.24) is 5.32 Å². The van der Waals surface area contributed by atoms with Crippen LogP contribution in [0.3, 0.4) is 0 Å². The standard InChI is InChI=1S/C14H29NO/c1-12-9-13(11-14(2,3)10-12)15-7-5-6-8-16-4/h12-13,15H,5-11H2,1-4H3. The van der Waals surface area contributed by atoms with Gasteiger partial charge < -0.3 is 10.1 Å². The minimum absolute atomic E-state index is 0.530. The summed E-state index contributed by atoms with van der Waals surface area (Å²) in [6, 6.07) is 0.737. The van der Waals surface area contributed by atoms with Crippen LogP contribution in [0.15, 0.2) is 0 Å². The van der Waals surface area contributed by atoms with Gasteiger partial charge in [-0.25, -0.2) is 0 Å². The van der Waals surface area contributed by atoms with Gasteiger partial charge in [-0.05, 0) is 50.0 Å². The lowest BCUT2D eigenvalue weighted by Gasteiger charge is -2.39. The van der Waals surface area contributed by atoms with Crippen LogP contribution in [-0.4, -0.2) is 26.3 Å². The maximum atomic E-state index is 5.06. The van der Waals surface area contributed by atoms with E-state index in [0.29, 0.717) is 5.41 Å². The molecule has 0 aromatic heterocycles. The van der Waals surface area contributed by atoms with Crippen LogP contribution in [0, 0.1) is 11.3 Å². The SMILES string of the molecule is COCCCCNC1CC(C)CC(C)(C)C1. The smallest absolute Gasteiger partial charge is 0.0462 e. The van der Waals surface area contributed by atoms with Crippen LogP contribution in [0.1, 0.15) is 52.9 Å². The van der Waals surface area contributed by atoms with Gasteiger partial charge in [-0.1, -0.05) is 20.8 Å². The van der Waals surface area contributed by atoms with E-state index in [1.54, 1.807) is 7.11 Å². The molecule has 0 aliphatic heterocycles. The Balaban J connectivity index is 2.16. The van der Waals surface area contributed by atoms with Crippen molar-refractivity contribution in [2.45, 2.75) is 58.9 Å². The third-order valence-corrected chi connectivity index (χ3v) is 3.60. The van der Waals surface area contributed by atoms with Crippen molar-refractivity contribution in [3.05, 3.63) is 0 Å². The summed E-state index contributed by atoms with van der Waals surface area (Å²) in [7, 11) is 1.78. The van der Waals surface area contributed by atoms with Crippen molar-refractivity contribution in [3.8, 4) is 0 Å². The monoisotopic (exact) mass is 227 g/mol. The first kappa shape index (κ1) is 14.0. The molecule has 0 radical (unpaired) electrons. The van der Waals surface area contributed by atoms with Gasteiger partial charge in [-0.3, -0.25) is 0 Å². The zero-order valence-electron chi connectivity index (χ0n) is 11.5. The molecule has 0 bridgehead atoms. The van der Waals surface area contributed by atoms with E-state index in [0.717, 1.165) is 25.1 Å². The van der Waals surface area contributed by atoms with E-state index in [1.807, 2.05) is 0 Å². The predicted molar refractivity (Wildman–Crippen MR) is 69.7 cm³/mol. The van der Waals surface area contributed by atoms with Crippen molar-refractivity contribution in [1.29, 1.82) is 0 Å². The number of rotatable bonds is 6. The summed E-state index contributed by atoms with van der Waals surface area (Å²) in [5.74, 6) is 0.875. The van der Waals surface area contributed by atoms with Crippen LogP contribution in [0.2, 0.25) is 0 Å². The highest BCUT2D eigenvalue weighted by Gasteiger charge is 2.31. The van der Waals surface area contributed by atoms with Gasteiger partial charge in [-0.15, -0.1) is 0 Å². The molecule has 1 N–H and O–H groups in total. The van der Waals surface area contributed by atoms with Gasteiger partial charge in [-0.2, -0.15) is 0 Å². The Morgan fingerprint density at radius 1 is 1.25 bits per heavy atom.